The molecule has 0 aliphatic carbocycles. The summed E-state index contributed by atoms with van der Waals surface area (Å²) in [4.78, 5) is 4.50. The number of aromatic nitrogens is 2. The number of fused-ring (bicyclic) bond motifs is 1. The Morgan fingerprint density at radius 3 is 2.89 bits per heavy atom. The molecule has 2 heterocycles. The molecule has 0 saturated carbocycles. The molecular formula is C16H20N2O. The van der Waals surface area contributed by atoms with E-state index in [-0.39, 0.29) is 0 Å². The summed E-state index contributed by atoms with van der Waals surface area (Å²) in [5, 5.41) is 0. The van der Waals surface area contributed by atoms with Gasteiger partial charge in [0.05, 0.1) is 12.0 Å². The molecule has 2 aromatic rings. The van der Waals surface area contributed by atoms with Gasteiger partial charge in [-0.3, -0.25) is 0 Å². The van der Waals surface area contributed by atoms with Crippen LogP contribution in [0, 0.1) is 12.8 Å². The number of benzene rings is 1. The molecule has 0 spiro atoms. The van der Waals surface area contributed by atoms with Gasteiger partial charge in [-0.15, -0.1) is 0 Å². The van der Waals surface area contributed by atoms with Crippen LogP contribution in [0.5, 0.6) is 5.75 Å². The average Bonchev–Trinajstić information content (AvgIpc) is 2.80. The molecule has 0 bridgehead atoms. The molecule has 1 aromatic heterocycles. The number of rotatable bonds is 3. The summed E-state index contributed by atoms with van der Waals surface area (Å²) in [6, 6.07) is 8.17. The highest BCUT2D eigenvalue weighted by atomic mass is 16.5. The lowest BCUT2D eigenvalue weighted by atomic mass is 9.97. The van der Waals surface area contributed by atoms with Crippen molar-refractivity contribution in [2.75, 3.05) is 0 Å². The van der Waals surface area contributed by atoms with Crippen molar-refractivity contribution < 1.29 is 4.74 Å². The summed E-state index contributed by atoms with van der Waals surface area (Å²) in [5.74, 6) is 1.67. The third-order valence-corrected chi connectivity index (χ3v) is 3.83. The predicted octanol–water partition coefficient (Wildman–Crippen LogP) is 3.35. The second-order valence-electron chi connectivity index (χ2n) is 5.53. The summed E-state index contributed by atoms with van der Waals surface area (Å²) in [7, 11) is 0. The fourth-order valence-electron chi connectivity index (χ4n) is 2.58. The molecule has 1 aliphatic rings. The monoisotopic (exact) mass is 256 g/mol. The van der Waals surface area contributed by atoms with E-state index in [0.717, 1.165) is 30.3 Å². The van der Waals surface area contributed by atoms with Crippen molar-refractivity contribution in [3.63, 3.8) is 0 Å². The molecule has 0 radical (unpaired) electrons. The van der Waals surface area contributed by atoms with Crippen LogP contribution < -0.4 is 4.74 Å². The van der Waals surface area contributed by atoms with Crippen molar-refractivity contribution in [1.29, 1.82) is 0 Å². The van der Waals surface area contributed by atoms with Crippen molar-refractivity contribution >= 4 is 0 Å². The molecule has 19 heavy (non-hydrogen) atoms. The number of ether oxygens (including phenoxy) is 1. The van der Waals surface area contributed by atoms with Gasteiger partial charge in [0.2, 0.25) is 0 Å². The Morgan fingerprint density at radius 1 is 1.32 bits per heavy atom. The van der Waals surface area contributed by atoms with Crippen LogP contribution >= 0.6 is 0 Å². The lowest BCUT2D eigenvalue weighted by Crippen LogP contribution is -2.17. The molecule has 0 fully saturated rings. The van der Waals surface area contributed by atoms with Gasteiger partial charge >= 0.3 is 0 Å². The lowest BCUT2D eigenvalue weighted by Gasteiger charge is -2.21. The maximum atomic E-state index is 5.83. The largest absolute Gasteiger partial charge is 0.487 e. The zero-order valence-corrected chi connectivity index (χ0v) is 11.6. The van der Waals surface area contributed by atoms with Gasteiger partial charge in [-0.2, -0.15) is 0 Å². The number of hydrogen-bond acceptors (Lipinski definition) is 2. The topological polar surface area (TPSA) is 27.1 Å². The minimum Gasteiger partial charge on any atom is -0.487 e. The Kier molecular flexibility index (Phi) is 3.28. The summed E-state index contributed by atoms with van der Waals surface area (Å²) in [6.45, 7) is 6.05. The van der Waals surface area contributed by atoms with E-state index in [2.05, 4.69) is 35.5 Å². The Balaban J connectivity index is 1.70. The molecule has 1 aromatic carbocycles. The molecule has 3 heteroatoms. The SMILES string of the molecule is Cc1ccc(OCc2ncn3c2CC(C)CC3)cc1. The third kappa shape index (κ3) is 2.65. The van der Waals surface area contributed by atoms with Crippen LogP contribution in [0.2, 0.25) is 0 Å². The van der Waals surface area contributed by atoms with Crippen LogP contribution in [0.25, 0.3) is 0 Å². The quantitative estimate of drug-likeness (QED) is 0.842. The summed E-state index contributed by atoms with van der Waals surface area (Å²) in [6.07, 6.45) is 4.32. The van der Waals surface area contributed by atoms with Gasteiger partial charge < -0.3 is 9.30 Å². The first-order chi connectivity index (χ1) is 9.22. The molecule has 1 unspecified atom stereocenters. The number of imidazole rings is 1. The van der Waals surface area contributed by atoms with E-state index in [4.69, 9.17) is 4.74 Å². The number of hydrogen-bond donors (Lipinski definition) is 0. The van der Waals surface area contributed by atoms with E-state index in [1.54, 1.807) is 0 Å². The molecule has 0 N–H and O–H groups in total. The van der Waals surface area contributed by atoms with Gasteiger partial charge in [-0.1, -0.05) is 24.6 Å². The van der Waals surface area contributed by atoms with Crippen molar-refractivity contribution in [2.24, 2.45) is 5.92 Å². The number of nitrogens with zero attached hydrogens (tertiary/aromatic N) is 2. The number of aryl methyl sites for hydroxylation is 2. The van der Waals surface area contributed by atoms with Gasteiger partial charge in [-0.25, -0.2) is 4.98 Å². The first kappa shape index (κ1) is 12.3. The third-order valence-electron chi connectivity index (χ3n) is 3.83. The summed E-state index contributed by atoms with van der Waals surface area (Å²) >= 11 is 0. The Bertz CT molecular complexity index is 557. The van der Waals surface area contributed by atoms with Crippen LogP contribution in [0.1, 0.15) is 30.3 Å². The zero-order chi connectivity index (χ0) is 13.2. The van der Waals surface area contributed by atoms with Gasteiger partial charge in [0.1, 0.15) is 12.4 Å². The Morgan fingerprint density at radius 2 is 2.11 bits per heavy atom. The second kappa shape index (κ2) is 5.08. The van der Waals surface area contributed by atoms with Crippen molar-refractivity contribution in [1.82, 2.24) is 9.55 Å². The summed E-state index contributed by atoms with van der Waals surface area (Å²) < 4.78 is 8.10. The Labute approximate surface area is 114 Å². The highest BCUT2D eigenvalue weighted by Crippen LogP contribution is 2.23. The lowest BCUT2D eigenvalue weighted by molar-refractivity contribution is 0.297. The minimum atomic E-state index is 0.568. The molecule has 3 nitrogen and oxygen atoms in total. The Hall–Kier alpha value is -1.77. The van der Waals surface area contributed by atoms with Crippen LogP contribution in [-0.2, 0) is 19.6 Å². The molecule has 1 aliphatic heterocycles. The molecule has 0 saturated heterocycles. The molecule has 3 rings (SSSR count). The molecule has 100 valence electrons. The highest BCUT2D eigenvalue weighted by Gasteiger charge is 2.19. The van der Waals surface area contributed by atoms with Crippen LogP contribution in [0.3, 0.4) is 0 Å². The van der Waals surface area contributed by atoms with E-state index in [0.29, 0.717) is 6.61 Å². The van der Waals surface area contributed by atoms with E-state index >= 15 is 0 Å². The van der Waals surface area contributed by atoms with E-state index < -0.39 is 0 Å². The zero-order valence-electron chi connectivity index (χ0n) is 11.6. The standard InChI is InChI=1S/C16H20N2O/c1-12-3-5-14(6-4-12)19-10-15-16-9-13(2)7-8-18(16)11-17-15/h3-6,11,13H,7-10H2,1-2H3. The second-order valence-corrected chi connectivity index (χ2v) is 5.53. The highest BCUT2D eigenvalue weighted by molar-refractivity contribution is 5.26. The van der Waals surface area contributed by atoms with Gasteiger partial charge in [0, 0.05) is 12.2 Å². The van der Waals surface area contributed by atoms with Crippen LogP contribution in [-0.4, -0.2) is 9.55 Å². The maximum Gasteiger partial charge on any atom is 0.132 e. The first-order valence-corrected chi connectivity index (χ1v) is 6.94. The first-order valence-electron chi connectivity index (χ1n) is 6.94. The van der Waals surface area contributed by atoms with Crippen LogP contribution in [0.15, 0.2) is 30.6 Å². The van der Waals surface area contributed by atoms with E-state index in [9.17, 15) is 0 Å². The molecular weight excluding hydrogens is 236 g/mol. The van der Waals surface area contributed by atoms with E-state index in [1.807, 2.05) is 18.5 Å². The molecule has 0 amide bonds. The van der Waals surface area contributed by atoms with Gasteiger partial charge in [-0.05, 0) is 37.8 Å². The van der Waals surface area contributed by atoms with Crippen LogP contribution in [0.4, 0.5) is 0 Å². The van der Waals surface area contributed by atoms with Crippen molar-refractivity contribution in [3.8, 4) is 5.75 Å². The summed E-state index contributed by atoms with van der Waals surface area (Å²) in [5.41, 5.74) is 3.69. The van der Waals surface area contributed by atoms with E-state index in [1.165, 1.54) is 17.7 Å². The molecule has 1 atom stereocenters. The average molecular weight is 256 g/mol. The fraction of sp³-hybridized carbons (Fsp3) is 0.438. The van der Waals surface area contributed by atoms with Crippen molar-refractivity contribution in [2.45, 2.75) is 39.8 Å². The van der Waals surface area contributed by atoms with Gasteiger partial charge in [0.15, 0.2) is 0 Å². The minimum absolute atomic E-state index is 0.568. The van der Waals surface area contributed by atoms with Gasteiger partial charge in [0.25, 0.3) is 0 Å². The smallest absolute Gasteiger partial charge is 0.132 e. The maximum absolute atomic E-state index is 5.83. The predicted molar refractivity (Wildman–Crippen MR) is 75.2 cm³/mol. The van der Waals surface area contributed by atoms with Crippen molar-refractivity contribution in [3.05, 3.63) is 47.5 Å². The normalized spacial score (nSPS) is 18.1. The fourth-order valence-corrected chi connectivity index (χ4v) is 2.58.